The number of hydrogen-bond acceptors (Lipinski definition) is 2. The first-order chi connectivity index (χ1) is 15.8. The number of nitrogens with zero attached hydrogens (tertiary/aromatic N) is 1. The van der Waals surface area contributed by atoms with Crippen LogP contribution in [0.15, 0.2) is 103 Å². The topological polar surface area (TPSA) is 30.0 Å². The van der Waals surface area contributed by atoms with Gasteiger partial charge < -0.3 is 0 Å². The maximum absolute atomic E-state index is 13.5. The fourth-order valence-corrected chi connectivity index (χ4v) is 4.76. The van der Waals surface area contributed by atoms with E-state index < -0.39 is 0 Å². The largest absolute Gasteiger partial charge is 0.289 e. The van der Waals surface area contributed by atoms with E-state index in [2.05, 4.69) is 42.5 Å². The number of ketones is 1. The Labute approximate surface area is 186 Å². The minimum Gasteiger partial charge on any atom is -0.289 e. The molecule has 4 aromatic carbocycles. The van der Waals surface area contributed by atoms with E-state index in [1.54, 1.807) is 0 Å². The average molecular weight is 412 g/mol. The van der Waals surface area contributed by atoms with E-state index in [1.807, 2.05) is 60.7 Å². The number of pyridine rings is 1. The molecule has 0 unspecified atom stereocenters. The lowest BCUT2D eigenvalue weighted by Crippen LogP contribution is -2.14. The zero-order valence-corrected chi connectivity index (χ0v) is 17.6. The molecule has 6 rings (SSSR count). The van der Waals surface area contributed by atoms with Gasteiger partial charge in [0.15, 0.2) is 5.78 Å². The summed E-state index contributed by atoms with van der Waals surface area (Å²) in [5, 5.41) is 2.21. The predicted octanol–water partition coefficient (Wildman–Crippen LogP) is 7.27. The van der Waals surface area contributed by atoms with E-state index in [1.165, 1.54) is 0 Å². The summed E-state index contributed by atoms with van der Waals surface area (Å²) in [5.74, 6) is 0.139. The van der Waals surface area contributed by atoms with Gasteiger partial charge in [-0.1, -0.05) is 78.9 Å². The third-order valence-corrected chi connectivity index (χ3v) is 6.33. The van der Waals surface area contributed by atoms with Gasteiger partial charge in [0, 0.05) is 27.5 Å². The van der Waals surface area contributed by atoms with Crippen LogP contribution >= 0.6 is 0 Å². The Kier molecular flexibility index (Phi) is 4.43. The van der Waals surface area contributed by atoms with E-state index in [0.29, 0.717) is 0 Å². The van der Waals surface area contributed by atoms with Gasteiger partial charge in [-0.3, -0.25) is 4.79 Å². The molecule has 152 valence electrons. The summed E-state index contributed by atoms with van der Waals surface area (Å²) >= 11 is 0. The molecule has 1 aliphatic rings. The number of carbonyl (C=O) groups excluding carboxylic acids is 1. The molecule has 0 saturated heterocycles. The molecule has 5 aromatic rings. The lowest BCUT2D eigenvalue weighted by atomic mass is 9.83. The Balaban J connectivity index is 1.54. The number of hydrogen-bond donors (Lipinski definition) is 0. The van der Waals surface area contributed by atoms with Crippen molar-refractivity contribution in [1.82, 2.24) is 4.98 Å². The zero-order valence-electron chi connectivity index (χ0n) is 17.6. The van der Waals surface area contributed by atoms with Crippen molar-refractivity contribution >= 4 is 33.7 Å². The minimum atomic E-state index is 0.139. The standard InChI is InChI=1S/C30H21NO/c32-30-23(18-20-8-2-1-3-9-20)17-15-21-14-16-22(19-26(21)30)29-24-10-4-6-12-27(24)31-28-13-7-5-11-25(28)29/h1-14,16,18-19H,15,17H2. The molecule has 32 heavy (non-hydrogen) atoms. The summed E-state index contributed by atoms with van der Waals surface area (Å²) in [7, 11) is 0. The van der Waals surface area contributed by atoms with Crippen LogP contribution in [0.5, 0.6) is 0 Å². The van der Waals surface area contributed by atoms with Crippen LogP contribution in [-0.4, -0.2) is 10.8 Å². The van der Waals surface area contributed by atoms with Crippen LogP contribution in [-0.2, 0) is 6.42 Å². The first-order valence-electron chi connectivity index (χ1n) is 11.0. The Morgan fingerprint density at radius 2 is 1.34 bits per heavy atom. The van der Waals surface area contributed by atoms with Gasteiger partial charge in [-0.15, -0.1) is 0 Å². The fourth-order valence-electron chi connectivity index (χ4n) is 4.76. The fraction of sp³-hybridized carbons (Fsp3) is 0.0667. The highest BCUT2D eigenvalue weighted by atomic mass is 16.1. The van der Waals surface area contributed by atoms with Crippen LogP contribution in [0.4, 0.5) is 0 Å². The predicted molar refractivity (Wildman–Crippen MR) is 132 cm³/mol. The molecule has 2 heteroatoms. The first-order valence-corrected chi connectivity index (χ1v) is 11.0. The normalized spacial score (nSPS) is 14.8. The van der Waals surface area contributed by atoms with Crippen LogP contribution in [0.25, 0.3) is 39.0 Å². The molecule has 0 aliphatic heterocycles. The number of aromatic nitrogens is 1. The number of para-hydroxylation sites is 2. The van der Waals surface area contributed by atoms with Gasteiger partial charge in [-0.05, 0) is 53.8 Å². The summed E-state index contributed by atoms with van der Waals surface area (Å²) in [6.45, 7) is 0. The summed E-state index contributed by atoms with van der Waals surface area (Å²) in [6, 6.07) is 32.9. The number of rotatable bonds is 2. The van der Waals surface area contributed by atoms with Crippen LogP contribution < -0.4 is 0 Å². The Hall–Kier alpha value is -4.04. The van der Waals surface area contributed by atoms with Crippen molar-refractivity contribution in [2.75, 3.05) is 0 Å². The van der Waals surface area contributed by atoms with Gasteiger partial charge >= 0.3 is 0 Å². The molecule has 2 nitrogen and oxygen atoms in total. The third kappa shape index (κ3) is 3.12. The van der Waals surface area contributed by atoms with E-state index in [-0.39, 0.29) is 5.78 Å². The molecule has 0 N–H and O–H groups in total. The van der Waals surface area contributed by atoms with Crippen LogP contribution in [0.1, 0.15) is 27.9 Å². The number of Topliss-reactive ketones (excluding diaryl/α,β-unsaturated/α-hetero) is 1. The molecule has 1 aromatic heterocycles. The highest BCUT2D eigenvalue weighted by Crippen LogP contribution is 2.37. The first kappa shape index (κ1) is 18.7. The van der Waals surface area contributed by atoms with Gasteiger partial charge in [-0.2, -0.15) is 0 Å². The van der Waals surface area contributed by atoms with Gasteiger partial charge in [0.25, 0.3) is 0 Å². The lowest BCUT2D eigenvalue weighted by molar-refractivity contribution is 0.102. The molecule has 1 heterocycles. The monoisotopic (exact) mass is 411 g/mol. The number of fused-ring (bicyclic) bond motifs is 3. The summed E-state index contributed by atoms with van der Waals surface area (Å²) in [5.41, 5.74) is 8.04. The molecule has 0 bridgehead atoms. The van der Waals surface area contributed by atoms with Crippen molar-refractivity contribution in [3.8, 4) is 11.1 Å². The zero-order chi connectivity index (χ0) is 21.5. The maximum atomic E-state index is 13.5. The Morgan fingerprint density at radius 3 is 2.06 bits per heavy atom. The smallest absolute Gasteiger partial charge is 0.189 e. The molecule has 0 spiro atoms. The second-order valence-corrected chi connectivity index (χ2v) is 8.30. The lowest BCUT2D eigenvalue weighted by Gasteiger charge is -2.19. The summed E-state index contributed by atoms with van der Waals surface area (Å²) < 4.78 is 0. The van der Waals surface area contributed by atoms with Gasteiger partial charge in [0.2, 0.25) is 0 Å². The van der Waals surface area contributed by atoms with Gasteiger partial charge in [0.05, 0.1) is 11.0 Å². The Bertz CT molecular complexity index is 1480. The number of allylic oxidation sites excluding steroid dienone is 1. The van der Waals surface area contributed by atoms with Gasteiger partial charge in [-0.25, -0.2) is 4.98 Å². The highest BCUT2D eigenvalue weighted by Gasteiger charge is 2.23. The average Bonchev–Trinajstić information content (AvgIpc) is 2.85. The second kappa shape index (κ2) is 7.58. The Morgan fingerprint density at radius 1 is 0.688 bits per heavy atom. The van der Waals surface area contributed by atoms with Crippen LogP contribution in [0.2, 0.25) is 0 Å². The van der Waals surface area contributed by atoms with Gasteiger partial charge in [0.1, 0.15) is 0 Å². The van der Waals surface area contributed by atoms with Crippen molar-refractivity contribution in [2.24, 2.45) is 0 Å². The molecular formula is C30H21NO. The summed E-state index contributed by atoms with van der Waals surface area (Å²) in [6.07, 6.45) is 3.70. The maximum Gasteiger partial charge on any atom is 0.189 e. The van der Waals surface area contributed by atoms with Crippen molar-refractivity contribution in [1.29, 1.82) is 0 Å². The molecule has 1 aliphatic carbocycles. The van der Waals surface area contributed by atoms with E-state index in [4.69, 9.17) is 4.98 Å². The minimum absolute atomic E-state index is 0.139. The molecule has 0 atom stereocenters. The molecular weight excluding hydrogens is 390 g/mol. The third-order valence-electron chi connectivity index (χ3n) is 6.33. The molecule has 0 amide bonds. The summed E-state index contributed by atoms with van der Waals surface area (Å²) in [4.78, 5) is 18.3. The SMILES string of the molecule is O=C1C(=Cc2ccccc2)CCc2ccc(-c3c4ccccc4nc4ccccc34)cc21. The van der Waals surface area contributed by atoms with Crippen molar-refractivity contribution < 1.29 is 4.79 Å². The van der Waals surface area contributed by atoms with Crippen LogP contribution in [0, 0.1) is 0 Å². The van der Waals surface area contributed by atoms with Crippen LogP contribution in [0.3, 0.4) is 0 Å². The number of aryl methyl sites for hydroxylation is 1. The second-order valence-electron chi connectivity index (χ2n) is 8.30. The molecule has 0 radical (unpaired) electrons. The van der Waals surface area contributed by atoms with E-state index in [0.717, 1.165) is 68.0 Å². The van der Waals surface area contributed by atoms with Crippen molar-refractivity contribution in [2.45, 2.75) is 12.8 Å². The quantitative estimate of drug-likeness (QED) is 0.226. The van der Waals surface area contributed by atoms with Crippen molar-refractivity contribution in [3.63, 3.8) is 0 Å². The van der Waals surface area contributed by atoms with E-state index >= 15 is 0 Å². The molecule has 0 saturated carbocycles. The molecule has 0 fully saturated rings. The number of benzene rings is 4. The van der Waals surface area contributed by atoms with E-state index in [9.17, 15) is 4.79 Å². The number of carbonyl (C=O) groups is 1. The highest BCUT2D eigenvalue weighted by molar-refractivity contribution is 6.15. The van der Waals surface area contributed by atoms with Crippen molar-refractivity contribution in [3.05, 3.63) is 119 Å².